The molecule has 1 saturated carbocycles. The summed E-state index contributed by atoms with van der Waals surface area (Å²) in [5, 5.41) is -0.814. The topological polar surface area (TPSA) is 51.2 Å². The predicted octanol–water partition coefficient (Wildman–Crippen LogP) is 1.57. The number of carbonyl (C=O) groups excluding carboxylic acids is 1. The van der Waals surface area contributed by atoms with E-state index in [4.69, 9.17) is 0 Å². The third-order valence-corrected chi connectivity index (χ3v) is 4.57. The van der Waals surface area contributed by atoms with E-state index in [0.717, 1.165) is 31.9 Å². The lowest BCUT2D eigenvalue weighted by Gasteiger charge is -2.22. The first-order chi connectivity index (χ1) is 6.43. The summed E-state index contributed by atoms with van der Waals surface area (Å²) in [4.78, 5) is 11.8. The van der Waals surface area contributed by atoms with E-state index in [1.165, 1.54) is 13.3 Å². The van der Waals surface area contributed by atoms with Crippen LogP contribution in [0.15, 0.2) is 0 Å². The van der Waals surface area contributed by atoms with Crippen LogP contribution in [0, 0.1) is 5.92 Å². The molecule has 0 N–H and O–H groups in total. The van der Waals surface area contributed by atoms with Crippen LogP contribution in [-0.4, -0.2) is 25.7 Å². The molecule has 1 rings (SSSR count). The normalized spacial score (nSPS) is 21.9. The molecule has 1 aliphatic rings. The maximum Gasteiger partial charge on any atom is 0.157 e. The molecule has 1 aliphatic carbocycles. The second-order valence-corrected chi connectivity index (χ2v) is 6.58. The van der Waals surface area contributed by atoms with Gasteiger partial charge < -0.3 is 0 Å². The molecule has 0 aromatic rings. The number of hydrogen-bond donors (Lipinski definition) is 0. The summed E-state index contributed by atoms with van der Waals surface area (Å²) in [7, 11) is -3.20. The lowest BCUT2D eigenvalue weighted by Crippen LogP contribution is -2.33. The van der Waals surface area contributed by atoms with Crippen molar-refractivity contribution in [2.45, 2.75) is 44.3 Å². The Kier molecular flexibility index (Phi) is 3.70. The Morgan fingerprint density at radius 1 is 1.21 bits per heavy atom. The zero-order valence-electron chi connectivity index (χ0n) is 8.82. The van der Waals surface area contributed by atoms with Crippen LogP contribution >= 0.6 is 0 Å². The molecule has 1 atom stereocenters. The first-order valence-corrected chi connectivity index (χ1v) is 7.11. The fraction of sp³-hybridized carbons (Fsp3) is 0.900. The van der Waals surface area contributed by atoms with E-state index in [1.54, 1.807) is 0 Å². The summed E-state index contributed by atoms with van der Waals surface area (Å²) in [6, 6.07) is 0. The van der Waals surface area contributed by atoms with Crippen molar-refractivity contribution in [3.63, 3.8) is 0 Å². The molecule has 14 heavy (non-hydrogen) atoms. The van der Waals surface area contributed by atoms with Gasteiger partial charge in [-0.2, -0.15) is 0 Å². The second-order valence-electron chi connectivity index (χ2n) is 4.21. The van der Waals surface area contributed by atoms with Crippen molar-refractivity contribution in [3.05, 3.63) is 0 Å². The fourth-order valence-electron chi connectivity index (χ4n) is 1.93. The molecule has 1 unspecified atom stereocenters. The van der Waals surface area contributed by atoms with Gasteiger partial charge in [0, 0.05) is 12.2 Å². The van der Waals surface area contributed by atoms with Crippen LogP contribution in [0.4, 0.5) is 0 Å². The van der Waals surface area contributed by atoms with Gasteiger partial charge in [0.1, 0.15) is 5.25 Å². The monoisotopic (exact) mass is 218 g/mol. The minimum Gasteiger partial charge on any atom is -0.298 e. The van der Waals surface area contributed by atoms with Crippen molar-refractivity contribution in [2.24, 2.45) is 5.92 Å². The van der Waals surface area contributed by atoms with Crippen molar-refractivity contribution in [1.29, 1.82) is 0 Å². The number of Topliss-reactive ketones (excluding diaryl/α,β-unsaturated/α-hetero) is 1. The summed E-state index contributed by atoms with van der Waals surface area (Å²) >= 11 is 0. The van der Waals surface area contributed by atoms with Gasteiger partial charge in [-0.05, 0) is 19.8 Å². The molecule has 0 bridgehead atoms. The van der Waals surface area contributed by atoms with Crippen LogP contribution in [0.5, 0.6) is 0 Å². The average molecular weight is 218 g/mol. The Bertz CT molecular complexity index is 299. The molecule has 0 aromatic carbocycles. The van der Waals surface area contributed by atoms with Gasteiger partial charge in [-0.25, -0.2) is 8.42 Å². The van der Waals surface area contributed by atoms with E-state index in [-0.39, 0.29) is 11.7 Å². The van der Waals surface area contributed by atoms with Crippen LogP contribution in [0.1, 0.15) is 39.0 Å². The van der Waals surface area contributed by atoms with Crippen LogP contribution in [0.2, 0.25) is 0 Å². The summed E-state index contributed by atoms with van der Waals surface area (Å²) in [5.41, 5.74) is 0. The SMILES string of the molecule is CC(C(=O)C1CCCCC1)S(C)(=O)=O. The Balaban J connectivity index is 2.64. The standard InChI is InChI=1S/C10H18O3S/c1-8(14(2,12)13)10(11)9-6-4-3-5-7-9/h8-9H,3-7H2,1-2H3. The number of sulfone groups is 1. The van der Waals surface area contributed by atoms with Crippen molar-refractivity contribution < 1.29 is 13.2 Å². The number of hydrogen-bond acceptors (Lipinski definition) is 3. The Morgan fingerprint density at radius 3 is 2.14 bits per heavy atom. The molecule has 1 fully saturated rings. The third-order valence-electron chi connectivity index (χ3n) is 3.05. The lowest BCUT2D eigenvalue weighted by molar-refractivity contribution is -0.123. The molecule has 0 amide bonds. The lowest BCUT2D eigenvalue weighted by atomic mass is 9.85. The van der Waals surface area contributed by atoms with Crippen molar-refractivity contribution >= 4 is 15.6 Å². The van der Waals surface area contributed by atoms with E-state index in [1.807, 2.05) is 0 Å². The highest BCUT2D eigenvalue weighted by atomic mass is 32.2. The van der Waals surface area contributed by atoms with Crippen molar-refractivity contribution in [1.82, 2.24) is 0 Å². The zero-order chi connectivity index (χ0) is 10.8. The first kappa shape index (κ1) is 11.7. The second kappa shape index (κ2) is 4.43. The summed E-state index contributed by atoms with van der Waals surface area (Å²) in [5.74, 6) is -0.0827. The molecule has 0 saturated heterocycles. The maximum absolute atomic E-state index is 11.8. The largest absolute Gasteiger partial charge is 0.298 e. The average Bonchev–Trinajstić information content (AvgIpc) is 2.15. The first-order valence-electron chi connectivity index (χ1n) is 5.15. The Morgan fingerprint density at radius 2 is 1.71 bits per heavy atom. The fourth-order valence-corrected chi connectivity index (χ4v) is 2.54. The van der Waals surface area contributed by atoms with Gasteiger partial charge >= 0.3 is 0 Å². The van der Waals surface area contributed by atoms with E-state index in [9.17, 15) is 13.2 Å². The van der Waals surface area contributed by atoms with Gasteiger partial charge in [-0.3, -0.25) is 4.79 Å². The molecule has 0 aliphatic heterocycles. The highest BCUT2D eigenvalue weighted by molar-refractivity contribution is 7.92. The third kappa shape index (κ3) is 2.80. The van der Waals surface area contributed by atoms with Gasteiger partial charge in [0.25, 0.3) is 0 Å². The van der Waals surface area contributed by atoms with Gasteiger partial charge in [-0.1, -0.05) is 19.3 Å². The number of rotatable bonds is 3. The smallest absolute Gasteiger partial charge is 0.157 e. The molecule has 82 valence electrons. The predicted molar refractivity (Wildman–Crippen MR) is 55.9 cm³/mol. The molecule has 0 aromatic heterocycles. The van der Waals surface area contributed by atoms with Crippen LogP contribution < -0.4 is 0 Å². The summed E-state index contributed by atoms with van der Waals surface area (Å²) < 4.78 is 22.4. The van der Waals surface area contributed by atoms with Gasteiger partial charge in [0.2, 0.25) is 0 Å². The molecular weight excluding hydrogens is 200 g/mol. The van der Waals surface area contributed by atoms with Gasteiger partial charge in [0.15, 0.2) is 15.6 Å². The molecule has 3 nitrogen and oxygen atoms in total. The van der Waals surface area contributed by atoms with E-state index in [2.05, 4.69) is 0 Å². The molecular formula is C10H18O3S. The summed E-state index contributed by atoms with van der Waals surface area (Å²) in [6.45, 7) is 1.51. The maximum atomic E-state index is 11.8. The van der Waals surface area contributed by atoms with Gasteiger partial charge in [0.05, 0.1) is 0 Å². The molecule has 4 heteroatoms. The zero-order valence-corrected chi connectivity index (χ0v) is 9.64. The van der Waals surface area contributed by atoms with Crippen molar-refractivity contribution in [2.75, 3.05) is 6.26 Å². The quantitative estimate of drug-likeness (QED) is 0.722. The molecule has 0 radical (unpaired) electrons. The van der Waals surface area contributed by atoms with E-state index >= 15 is 0 Å². The number of ketones is 1. The van der Waals surface area contributed by atoms with Gasteiger partial charge in [-0.15, -0.1) is 0 Å². The minimum atomic E-state index is -3.20. The van der Waals surface area contributed by atoms with Crippen LogP contribution in [0.3, 0.4) is 0 Å². The van der Waals surface area contributed by atoms with Crippen LogP contribution in [0.25, 0.3) is 0 Å². The van der Waals surface area contributed by atoms with E-state index < -0.39 is 15.1 Å². The highest BCUT2D eigenvalue weighted by Gasteiger charge is 2.30. The van der Waals surface area contributed by atoms with E-state index in [0.29, 0.717) is 0 Å². The molecule has 0 heterocycles. The van der Waals surface area contributed by atoms with Crippen molar-refractivity contribution in [3.8, 4) is 0 Å². The Hall–Kier alpha value is -0.380. The number of carbonyl (C=O) groups is 1. The molecule has 0 spiro atoms. The summed E-state index contributed by atoms with van der Waals surface area (Å²) in [6.07, 6.45) is 6.19. The Labute approximate surface area is 85.8 Å². The minimum absolute atomic E-state index is 0.00604. The highest BCUT2D eigenvalue weighted by Crippen LogP contribution is 2.26. The van der Waals surface area contributed by atoms with Crippen LogP contribution in [-0.2, 0) is 14.6 Å².